The van der Waals surface area contributed by atoms with Crippen molar-refractivity contribution >= 4 is 5.91 Å². The lowest BCUT2D eigenvalue weighted by Crippen LogP contribution is -2.55. The van der Waals surface area contributed by atoms with Gasteiger partial charge in [-0.3, -0.25) is 14.5 Å². The Kier molecular flexibility index (Phi) is 4.14. The van der Waals surface area contributed by atoms with E-state index in [1.54, 1.807) is 15.6 Å². The molecule has 1 amide bonds. The van der Waals surface area contributed by atoms with Crippen LogP contribution < -0.4 is 5.56 Å². The number of fused-ring (bicyclic) bond motifs is 1. The molecule has 2 aliphatic heterocycles. The standard InChI is InChI=1S/C17H24N4O3/c1-19-9-14(24-11-17(19)23)10-20-6-12(7-20)8-21-16(22)5-13-3-2-4-15(13)18-21/h5,12,14H,2-4,6-11H2,1H3. The van der Waals surface area contributed by atoms with Crippen LogP contribution in [0.5, 0.6) is 0 Å². The number of nitrogens with zero attached hydrogens (tertiary/aromatic N) is 4. The van der Waals surface area contributed by atoms with Crippen molar-refractivity contribution in [1.82, 2.24) is 19.6 Å². The van der Waals surface area contributed by atoms with Crippen molar-refractivity contribution in [3.8, 4) is 0 Å². The molecule has 130 valence electrons. The molecule has 0 saturated carbocycles. The van der Waals surface area contributed by atoms with Crippen LogP contribution in [0.4, 0.5) is 0 Å². The first-order valence-electron chi connectivity index (χ1n) is 8.76. The summed E-state index contributed by atoms with van der Waals surface area (Å²) in [5, 5.41) is 4.55. The molecule has 1 aromatic rings. The largest absolute Gasteiger partial charge is 0.365 e. The number of hydrogen-bond acceptors (Lipinski definition) is 5. The minimum absolute atomic E-state index is 0.0323. The zero-order chi connectivity index (χ0) is 16.7. The fourth-order valence-corrected chi connectivity index (χ4v) is 3.91. The molecule has 0 spiro atoms. The third-order valence-corrected chi connectivity index (χ3v) is 5.30. The van der Waals surface area contributed by atoms with Crippen LogP contribution in [0.15, 0.2) is 10.9 Å². The van der Waals surface area contributed by atoms with Crippen LogP contribution in [-0.4, -0.2) is 71.4 Å². The number of aromatic nitrogens is 2. The Morgan fingerprint density at radius 1 is 1.21 bits per heavy atom. The van der Waals surface area contributed by atoms with Gasteiger partial charge in [-0.15, -0.1) is 0 Å². The number of rotatable bonds is 4. The lowest BCUT2D eigenvalue weighted by molar-refractivity contribution is -0.148. The average molecular weight is 332 g/mol. The van der Waals surface area contributed by atoms with E-state index in [2.05, 4.69) is 10.00 Å². The van der Waals surface area contributed by atoms with E-state index in [-0.39, 0.29) is 24.2 Å². The van der Waals surface area contributed by atoms with Crippen molar-refractivity contribution in [2.24, 2.45) is 5.92 Å². The van der Waals surface area contributed by atoms with E-state index in [1.807, 2.05) is 7.05 Å². The van der Waals surface area contributed by atoms with Gasteiger partial charge in [-0.05, 0) is 24.8 Å². The lowest BCUT2D eigenvalue weighted by Gasteiger charge is -2.42. The molecule has 3 aliphatic rings. The minimum atomic E-state index is 0.0323. The summed E-state index contributed by atoms with van der Waals surface area (Å²) in [6, 6.07) is 1.77. The van der Waals surface area contributed by atoms with E-state index < -0.39 is 0 Å². The molecule has 24 heavy (non-hydrogen) atoms. The van der Waals surface area contributed by atoms with Gasteiger partial charge in [0.25, 0.3) is 5.56 Å². The van der Waals surface area contributed by atoms with Crippen LogP contribution in [0.3, 0.4) is 0 Å². The predicted octanol–water partition coefficient (Wildman–Crippen LogP) is -0.479. The van der Waals surface area contributed by atoms with Crippen LogP contribution in [0, 0.1) is 5.92 Å². The third kappa shape index (κ3) is 3.10. The summed E-state index contributed by atoms with van der Waals surface area (Å²) in [5.41, 5.74) is 2.28. The quantitative estimate of drug-likeness (QED) is 0.745. The van der Waals surface area contributed by atoms with Crippen molar-refractivity contribution in [3.63, 3.8) is 0 Å². The van der Waals surface area contributed by atoms with Gasteiger partial charge in [0.2, 0.25) is 5.91 Å². The van der Waals surface area contributed by atoms with Gasteiger partial charge >= 0.3 is 0 Å². The van der Waals surface area contributed by atoms with Gasteiger partial charge in [0.1, 0.15) is 6.61 Å². The molecule has 1 atom stereocenters. The Labute approximate surface area is 141 Å². The molecule has 0 radical (unpaired) electrons. The van der Waals surface area contributed by atoms with Gasteiger partial charge < -0.3 is 9.64 Å². The van der Waals surface area contributed by atoms with Crippen molar-refractivity contribution in [2.75, 3.05) is 39.8 Å². The number of carbonyl (C=O) groups excluding carboxylic acids is 1. The first kappa shape index (κ1) is 15.8. The maximum Gasteiger partial charge on any atom is 0.267 e. The van der Waals surface area contributed by atoms with Gasteiger partial charge in [0, 0.05) is 45.2 Å². The topological polar surface area (TPSA) is 67.7 Å². The Morgan fingerprint density at radius 2 is 2.04 bits per heavy atom. The molecular formula is C17H24N4O3. The van der Waals surface area contributed by atoms with E-state index in [1.165, 1.54) is 0 Å². The molecule has 7 heteroatoms. The first-order valence-corrected chi connectivity index (χ1v) is 8.76. The summed E-state index contributed by atoms with van der Waals surface area (Å²) >= 11 is 0. The van der Waals surface area contributed by atoms with Crippen LogP contribution in [0.2, 0.25) is 0 Å². The van der Waals surface area contributed by atoms with Crippen LogP contribution in [-0.2, 0) is 28.9 Å². The molecule has 1 aromatic heterocycles. The zero-order valence-corrected chi connectivity index (χ0v) is 14.1. The molecule has 2 saturated heterocycles. The third-order valence-electron chi connectivity index (χ3n) is 5.30. The minimum Gasteiger partial charge on any atom is -0.365 e. The Hall–Kier alpha value is -1.73. The second kappa shape index (κ2) is 6.29. The molecule has 3 heterocycles. The maximum atomic E-state index is 12.1. The Morgan fingerprint density at radius 3 is 2.83 bits per heavy atom. The van der Waals surface area contributed by atoms with E-state index in [0.717, 1.165) is 50.2 Å². The van der Waals surface area contributed by atoms with Crippen LogP contribution in [0.25, 0.3) is 0 Å². The zero-order valence-electron chi connectivity index (χ0n) is 14.1. The summed E-state index contributed by atoms with van der Waals surface area (Å²) in [5.74, 6) is 0.521. The number of likely N-dealkylation sites (tertiary alicyclic amines) is 1. The molecule has 0 aromatic carbocycles. The predicted molar refractivity (Wildman–Crippen MR) is 87.8 cm³/mol. The fourth-order valence-electron chi connectivity index (χ4n) is 3.91. The molecule has 0 bridgehead atoms. The SMILES string of the molecule is CN1CC(CN2CC(Cn3nc4c(cc3=O)CCC4)C2)OCC1=O. The smallest absolute Gasteiger partial charge is 0.267 e. The van der Waals surface area contributed by atoms with E-state index in [4.69, 9.17) is 4.74 Å². The molecule has 7 nitrogen and oxygen atoms in total. The summed E-state index contributed by atoms with van der Waals surface area (Å²) in [4.78, 5) is 27.6. The van der Waals surface area contributed by atoms with Gasteiger partial charge in [-0.2, -0.15) is 5.10 Å². The van der Waals surface area contributed by atoms with E-state index >= 15 is 0 Å². The van der Waals surface area contributed by atoms with Crippen molar-refractivity contribution < 1.29 is 9.53 Å². The lowest BCUT2D eigenvalue weighted by atomic mass is 9.99. The summed E-state index contributed by atoms with van der Waals surface area (Å²) in [6.07, 6.45) is 3.20. The van der Waals surface area contributed by atoms with Gasteiger partial charge in [-0.25, -0.2) is 4.68 Å². The molecule has 0 N–H and O–H groups in total. The summed E-state index contributed by atoms with van der Waals surface area (Å²) in [6.45, 7) is 4.32. The highest BCUT2D eigenvalue weighted by Gasteiger charge is 2.32. The maximum absolute atomic E-state index is 12.1. The summed E-state index contributed by atoms with van der Waals surface area (Å²) < 4.78 is 7.24. The first-order chi connectivity index (χ1) is 11.6. The number of ether oxygens (including phenoxy) is 1. The van der Waals surface area contributed by atoms with Crippen molar-refractivity contribution in [3.05, 3.63) is 27.7 Å². The number of morpholine rings is 1. The highest BCUT2D eigenvalue weighted by Crippen LogP contribution is 2.20. The van der Waals surface area contributed by atoms with Crippen LogP contribution in [0.1, 0.15) is 17.7 Å². The summed E-state index contributed by atoms with van der Waals surface area (Å²) in [7, 11) is 1.82. The highest BCUT2D eigenvalue weighted by molar-refractivity contribution is 5.77. The number of aryl methyl sites for hydroxylation is 2. The normalized spacial score (nSPS) is 25.0. The Balaban J connectivity index is 1.28. The molecule has 1 aliphatic carbocycles. The molecular weight excluding hydrogens is 308 g/mol. The van der Waals surface area contributed by atoms with Gasteiger partial charge in [0.05, 0.1) is 18.3 Å². The van der Waals surface area contributed by atoms with Crippen LogP contribution >= 0.6 is 0 Å². The number of hydrogen-bond donors (Lipinski definition) is 0. The van der Waals surface area contributed by atoms with Gasteiger partial charge in [-0.1, -0.05) is 0 Å². The van der Waals surface area contributed by atoms with Gasteiger partial charge in [0.15, 0.2) is 0 Å². The molecule has 1 unspecified atom stereocenters. The number of likely N-dealkylation sites (N-methyl/N-ethyl adjacent to an activating group) is 1. The number of carbonyl (C=O) groups is 1. The monoisotopic (exact) mass is 332 g/mol. The second-order valence-electron chi connectivity index (χ2n) is 7.28. The second-order valence-corrected chi connectivity index (χ2v) is 7.28. The highest BCUT2D eigenvalue weighted by atomic mass is 16.5. The number of amides is 1. The average Bonchev–Trinajstić information content (AvgIpc) is 2.96. The van der Waals surface area contributed by atoms with E-state index in [9.17, 15) is 9.59 Å². The Bertz CT molecular complexity index is 696. The fraction of sp³-hybridized carbons (Fsp3) is 0.706. The molecule has 2 fully saturated rings. The van der Waals surface area contributed by atoms with Crippen molar-refractivity contribution in [1.29, 1.82) is 0 Å². The van der Waals surface area contributed by atoms with Crippen molar-refractivity contribution in [2.45, 2.75) is 31.9 Å². The molecule has 4 rings (SSSR count). The van der Waals surface area contributed by atoms with E-state index in [0.29, 0.717) is 19.0 Å².